The first-order valence-electron chi connectivity index (χ1n) is 14.6. The zero-order chi connectivity index (χ0) is 30.4. The van der Waals surface area contributed by atoms with E-state index in [1.54, 1.807) is 7.11 Å². The highest BCUT2D eigenvalue weighted by Crippen LogP contribution is 2.41. The molecule has 2 aromatic rings. The maximum Gasteiger partial charge on any atom is 0.407 e. The fraction of sp³-hybridized carbons (Fsp3) is 0.531. The summed E-state index contributed by atoms with van der Waals surface area (Å²) >= 11 is 0. The minimum atomic E-state index is -0.589. The zero-order valence-electron chi connectivity index (χ0n) is 25.4. The van der Waals surface area contributed by atoms with Crippen molar-refractivity contribution < 1.29 is 28.6 Å². The van der Waals surface area contributed by atoms with Crippen LogP contribution in [0.5, 0.6) is 5.75 Å². The van der Waals surface area contributed by atoms with Gasteiger partial charge in [-0.15, -0.1) is 0 Å². The van der Waals surface area contributed by atoms with Crippen LogP contribution in [0.4, 0.5) is 10.5 Å². The number of likely N-dealkylation sites (tertiary alicyclic amines) is 1. The van der Waals surface area contributed by atoms with Crippen LogP contribution in [0, 0.1) is 6.92 Å². The summed E-state index contributed by atoms with van der Waals surface area (Å²) in [4.78, 5) is 41.7. The van der Waals surface area contributed by atoms with Gasteiger partial charge in [0.15, 0.2) is 6.61 Å². The van der Waals surface area contributed by atoms with Gasteiger partial charge in [-0.05, 0) is 74.8 Å². The molecule has 2 aromatic carbocycles. The molecule has 3 amide bonds. The number of hydrogen-bond acceptors (Lipinski definition) is 7. The predicted octanol–water partition coefficient (Wildman–Crippen LogP) is 3.84. The van der Waals surface area contributed by atoms with Crippen LogP contribution >= 0.6 is 0 Å². The topological polar surface area (TPSA) is 123 Å². The van der Waals surface area contributed by atoms with Crippen LogP contribution in [0.15, 0.2) is 36.4 Å². The van der Waals surface area contributed by atoms with Crippen molar-refractivity contribution in [2.75, 3.05) is 51.4 Å². The summed E-state index contributed by atoms with van der Waals surface area (Å²) in [6, 6.07) is 11.9. The summed E-state index contributed by atoms with van der Waals surface area (Å²) in [6.45, 7) is 10.8. The van der Waals surface area contributed by atoms with Crippen LogP contribution in [0.1, 0.15) is 67.7 Å². The highest BCUT2D eigenvalue weighted by Gasteiger charge is 2.38. The lowest BCUT2D eigenvalue weighted by Gasteiger charge is -2.34. The summed E-state index contributed by atoms with van der Waals surface area (Å²) in [5.74, 6) is 0.109. The van der Waals surface area contributed by atoms with Crippen LogP contribution in [-0.4, -0.2) is 74.9 Å². The van der Waals surface area contributed by atoms with Gasteiger partial charge in [0.1, 0.15) is 11.4 Å². The summed E-state index contributed by atoms with van der Waals surface area (Å²) in [6.07, 6.45) is 1.01. The van der Waals surface area contributed by atoms with Gasteiger partial charge in [-0.1, -0.05) is 30.3 Å². The lowest BCUT2D eigenvalue weighted by atomic mass is 9.87. The number of anilines is 1. The molecular formula is C32H44N4O6. The molecule has 10 heteroatoms. The van der Waals surface area contributed by atoms with Crippen LogP contribution in [0.25, 0.3) is 0 Å². The molecule has 1 fully saturated rings. The number of nitrogens with two attached hydrogens (primary N) is 1. The fourth-order valence-electron chi connectivity index (χ4n) is 5.85. The quantitative estimate of drug-likeness (QED) is 0.438. The van der Waals surface area contributed by atoms with Gasteiger partial charge in [-0.2, -0.15) is 0 Å². The van der Waals surface area contributed by atoms with Crippen LogP contribution in [0.3, 0.4) is 0 Å². The molecule has 3 N–H and O–H groups in total. The molecule has 0 aliphatic carbocycles. The Hall–Kier alpha value is -3.79. The Labute approximate surface area is 248 Å². The molecule has 228 valence electrons. The molecule has 0 saturated carbocycles. The molecule has 10 nitrogen and oxygen atoms in total. The number of rotatable bonds is 10. The summed E-state index contributed by atoms with van der Waals surface area (Å²) < 4.78 is 16.4. The maximum atomic E-state index is 13.8. The van der Waals surface area contributed by atoms with E-state index in [9.17, 15) is 14.4 Å². The smallest absolute Gasteiger partial charge is 0.407 e. The standard InChI is InChI=1S/C32H44N4O6/c1-21-7-6-8-24-26(19-36(29(21)24)15-16-40-5)30(38)35-13-11-23(12-14-35)25-17-22(9-10-27(25)41-20-28(33)37)18-34-31(39)42-32(2,3)4/h6-10,17,23,26H,11-16,18-20H2,1-5H3,(H2,33,37)(H,34,39). The molecule has 42 heavy (non-hydrogen) atoms. The van der Waals surface area contributed by atoms with Crippen molar-refractivity contribution in [2.24, 2.45) is 5.73 Å². The van der Waals surface area contributed by atoms with Crippen molar-refractivity contribution in [3.8, 4) is 5.75 Å². The zero-order valence-corrected chi connectivity index (χ0v) is 25.4. The number of ether oxygens (including phenoxy) is 3. The van der Waals surface area contributed by atoms with Crippen molar-refractivity contribution in [3.63, 3.8) is 0 Å². The average Bonchev–Trinajstić information content (AvgIpc) is 3.32. The molecule has 2 aliphatic heterocycles. The number of para-hydroxylation sites is 1. The number of piperidine rings is 1. The molecular weight excluding hydrogens is 536 g/mol. The molecule has 0 radical (unpaired) electrons. The maximum absolute atomic E-state index is 13.8. The highest BCUT2D eigenvalue weighted by atomic mass is 16.6. The Morgan fingerprint density at radius 2 is 1.81 bits per heavy atom. The Bertz CT molecular complexity index is 1280. The third kappa shape index (κ3) is 7.73. The summed E-state index contributed by atoms with van der Waals surface area (Å²) in [7, 11) is 1.69. The van der Waals surface area contributed by atoms with Crippen molar-refractivity contribution >= 4 is 23.6 Å². The van der Waals surface area contributed by atoms with Crippen molar-refractivity contribution in [2.45, 2.75) is 64.5 Å². The first-order chi connectivity index (χ1) is 20.0. The first-order valence-corrected chi connectivity index (χ1v) is 14.6. The second kappa shape index (κ2) is 13.5. The number of hydrogen-bond donors (Lipinski definition) is 2. The number of methoxy groups -OCH3 is 1. The third-order valence-electron chi connectivity index (χ3n) is 7.75. The minimum absolute atomic E-state index is 0.120. The number of carbonyl (C=O) groups excluding carboxylic acids is 3. The number of nitrogens with zero attached hydrogens (tertiary/aromatic N) is 2. The third-order valence-corrected chi connectivity index (χ3v) is 7.75. The van der Waals surface area contributed by atoms with Crippen LogP contribution in [-0.2, 0) is 25.6 Å². The van der Waals surface area contributed by atoms with E-state index in [4.69, 9.17) is 19.9 Å². The Morgan fingerprint density at radius 1 is 1.07 bits per heavy atom. The fourth-order valence-corrected chi connectivity index (χ4v) is 5.85. The SMILES string of the molecule is COCCN1CC(C(=O)N2CCC(c3cc(CNC(=O)OC(C)(C)C)ccc3OCC(N)=O)CC2)c2cccc(C)c21. The van der Waals surface area contributed by atoms with Crippen molar-refractivity contribution in [1.82, 2.24) is 10.2 Å². The van der Waals surface area contributed by atoms with E-state index in [-0.39, 0.29) is 30.9 Å². The largest absolute Gasteiger partial charge is 0.483 e. The Kier molecular flexibility index (Phi) is 9.98. The van der Waals surface area contributed by atoms with Gasteiger partial charge in [0.05, 0.1) is 12.5 Å². The van der Waals surface area contributed by atoms with Gasteiger partial charge in [0, 0.05) is 45.5 Å². The van der Waals surface area contributed by atoms with Gasteiger partial charge < -0.3 is 35.1 Å². The molecule has 4 rings (SSSR count). The normalized spacial score (nSPS) is 17.1. The van der Waals surface area contributed by atoms with E-state index in [1.807, 2.05) is 49.9 Å². The van der Waals surface area contributed by atoms with Crippen LogP contribution in [0.2, 0.25) is 0 Å². The Balaban J connectivity index is 1.45. The number of primary amides is 1. The van der Waals surface area contributed by atoms with E-state index >= 15 is 0 Å². The number of fused-ring (bicyclic) bond motifs is 1. The second-order valence-electron chi connectivity index (χ2n) is 12.1. The van der Waals surface area contributed by atoms with Crippen LogP contribution < -0.4 is 20.7 Å². The van der Waals surface area contributed by atoms with E-state index in [1.165, 1.54) is 5.56 Å². The lowest BCUT2D eigenvalue weighted by molar-refractivity contribution is -0.133. The monoisotopic (exact) mass is 580 g/mol. The molecule has 0 aromatic heterocycles. The van der Waals surface area contributed by atoms with Crippen molar-refractivity contribution in [1.29, 1.82) is 0 Å². The van der Waals surface area contributed by atoms with E-state index < -0.39 is 17.6 Å². The number of aryl methyl sites for hydroxylation is 1. The number of benzene rings is 2. The number of amides is 3. The molecule has 1 atom stereocenters. The average molecular weight is 581 g/mol. The van der Waals surface area contributed by atoms with Gasteiger partial charge in [-0.3, -0.25) is 9.59 Å². The molecule has 0 bridgehead atoms. The molecule has 0 spiro atoms. The number of carbonyl (C=O) groups is 3. The lowest BCUT2D eigenvalue weighted by Crippen LogP contribution is -2.42. The van der Waals surface area contributed by atoms with Gasteiger partial charge >= 0.3 is 6.09 Å². The summed E-state index contributed by atoms with van der Waals surface area (Å²) in [5.41, 5.74) is 9.99. The van der Waals surface area contributed by atoms with E-state index in [2.05, 4.69) is 29.3 Å². The van der Waals surface area contributed by atoms with E-state index in [0.29, 0.717) is 32.0 Å². The van der Waals surface area contributed by atoms with E-state index in [0.717, 1.165) is 41.8 Å². The van der Waals surface area contributed by atoms with Crippen molar-refractivity contribution in [3.05, 3.63) is 58.7 Å². The highest BCUT2D eigenvalue weighted by molar-refractivity contribution is 5.89. The number of alkyl carbamates (subject to hydrolysis) is 1. The first kappa shape index (κ1) is 31.2. The number of nitrogens with one attached hydrogen (secondary N) is 1. The van der Waals surface area contributed by atoms with Gasteiger partial charge in [-0.25, -0.2) is 4.79 Å². The van der Waals surface area contributed by atoms with Gasteiger partial charge in [0.25, 0.3) is 5.91 Å². The van der Waals surface area contributed by atoms with Gasteiger partial charge in [0.2, 0.25) is 5.91 Å². The predicted molar refractivity (Wildman–Crippen MR) is 161 cm³/mol. The summed E-state index contributed by atoms with van der Waals surface area (Å²) in [5, 5.41) is 2.80. The second-order valence-corrected chi connectivity index (χ2v) is 12.1. The molecule has 1 saturated heterocycles. The Morgan fingerprint density at radius 3 is 2.48 bits per heavy atom. The molecule has 2 heterocycles. The molecule has 2 aliphatic rings. The molecule has 1 unspecified atom stereocenters. The minimum Gasteiger partial charge on any atom is -0.483 e.